The number of ketones is 1. The van der Waals surface area contributed by atoms with Gasteiger partial charge in [-0.1, -0.05) is 0 Å². The van der Waals surface area contributed by atoms with Gasteiger partial charge in [0, 0.05) is 0 Å². The van der Waals surface area contributed by atoms with E-state index in [4.69, 9.17) is 15.2 Å². The molecule has 0 spiro atoms. The summed E-state index contributed by atoms with van der Waals surface area (Å²) < 4.78 is 10.0. The van der Waals surface area contributed by atoms with E-state index in [0.717, 1.165) is 0 Å². The number of rotatable bonds is 4. The number of methoxy groups -OCH3 is 2. The van der Waals surface area contributed by atoms with Gasteiger partial charge in [0.1, 0.15) is 11.5 Å². The van der Waals surface area contributed by atoms with E-state index in [1.807, 2.05) is 0 Å². The fraction of sp³-hybridized carbons (Fsp3) is 0.300. The molecule has 0 heterocycles. The van der Waals surface area contributed by atoms with Crippen molar-refractivity contribution in [1.82, 2.24) is 0 Å². The summed E-state index contributed by atoms with van der Waals surface area (Å²) in [6.07, 6.45) is 0. The standard InChI is InChI=1S/C10H13NO3.BrH/c1-13-7-3-4-10(14-2)8(5-7)9(12)6-11;/h3-5H,6,11H2,1-2H3;1H. The predicted molar refractivity (Wildman–Crippen MR) is 63.3 cm³/mol. The minimum absolute atomic E-state index is 0. The van der Waals surface area contributed by atoms with Crippen molar-refractivity contribution in [3.05, 3.63) is 23.8 Å². The van der Waals surface area contributed by atoms with Gasteiger partial charge in [-0.05, 0) is 18.2 Å². The first-order valence-electron chi connectivity index (χ1n) is 4.18. The molecular formula is C10H14BrNO3. The Morgan fingerprint density at radius 3 is 2.47 bits per heavy atom. The van der Waals surface area contributed by atoms with Crippen LogP contribution in [0.5, 0.6) is 11.5 Å². The van der Waals surface area contributed by atoms with E-state index in [-0.39, 0.29) is 29.3 Å². The SMILES string of the molecule is Br.COc1ccc(OC)c(C(=O)CN)c1. The summed E-state index contributed by atoms with van der Waals surface area (Å²) in [7, 11) is 3.05. The molecule has 0 aromatic heterocycles. The molecule has 0 bridgehead atoms. The van der Waals surface area contributed by atoms with Crippen LogP contribution >= 0.6 is 17.0 Å². The first-order chi connectivity index (χ1) is 6.72. The van der Waals surface area contributed by atoms with Gasteiger partial charge in [0.05, 0.1) is 26.3 Å². The maximum Gasteiger partial charge on any atom is 0.180 e. The normalized spacial score (nSPS) is 9.00. The lowest BCUT2D eigenvalue weighted by atomic mass is 10.1. The van der Waals surface area contributed by atoms with Crippen molar-refractivity contribution >= 4 is 22.8 Å². The molecule has 15 heavy (non-hydrogen) atoms. The molecule has 0 saturated heterocycles. The Hall–Kier alpha value is -1.07. The summed E-state index contributed by atoms with van der Waals surface area (Å²) in [5.74, 6) is 0.963. The molecule has 0 atom stereocenters. The van der Waals surface area contributed by atoms with E-state index >= 15 is 0 Å². The zero-order valence-corrected chi connectivity index (χ0v) is 10.4. The van der Waals surface area contributed by atoms with Gasteiger partial charge >= 0.3 is 0 Å². The smallest absolute Gasteiger partial charge is 0.180 e. The highest BCUT2D eigenvalue weighted by Crippen LogP contribution is 2.23. The third kappa shape index (κ3) is 3.21. The van der Waals surface area contributed by atoms with E-state index in [2.05, 4.69) is 0 Å². The average Bonchev–Trinajstić information content (AvgIpc) is 2.27. The van der Waals surface area contributed by atoms with Gasteiger partial charge in [0.15, 0.2) is 5.78 Å². The molecule has 0 radical (unpaired) electrons. The number of hydrogen-bond donors (Lipinski definition) is 1. The van der Waals surface area contributed by atoms with Crippen molar-refractivity contribution in [3.63, 3.8) is 0 Å². The molecule has 1 aromatic carbocycles. The fourth-order valence-corrected chi connectivity index (χ4v) is 1.14. The molecule has 1 rings (SSSR count). The largest absolute Gasteiger partial charge is 0.497 e. The predicted octanol–water partition coefficient (Wildman–Crippen LogP) is 1.42. The van der Waals surface area contributed by atoms with Gasteiger partial charge in [-0.3, -0.25) is 4.79 Å². The average molecular weight is 276 g/mol. The van der Waals surface area contributed by atoms with Gasteiger partial charge in [0.25, 0.3) is 0 Å². The van der Waals surface area contributed by atoms with Crippen LogP contribution in [-0.2, 0) is 0 Å². The van der Waals surface area contributed by atoms with Gasteiger partial charge in [0.2, 0.25) is 0 Å². The van der Waals surface area contributed by atoms with E-state index in [1.54, 1.807) is 25.3 Å². The molecule has 84 valence electrons. The van der Waals surface area contributed by atoms with Crippen LogP contribution in [0.15, 0.2) is 18.2 Å². The van der Waals surface area contributed by atoms with E-state index < -0.39 is 0 Å². The van der Waals surface area contributed by atoms with Crippen molar-refractivity contribution in [1.29, 1.82) is 0 Å². The zero-order chi connectivity index (χ0) is 10.6. The molecule has 1 aromatic rings. The molecule has 0 amide bonds. The van der Waals surface area contributed by atoms with Gasteiger partial charge in [-0.15, -0.1) is 17.0 Å². The molecule has 0 unspecified atom stereocenters. The van der Waals surface area contributed by atoms with Crippen molar-refractivity contribution < 1.29 is 14.3 Å². The fourth-order valence-electron chi connectivity index (χ4n) is 1.14. The Labute approximate surface area is 99.1 Å². The highest BCUT2D eigenvalue weighted by atomic mass is 79.9. The maximum absolute atomic E-state index is 11.4. The summed E-state index contributed by atoms with van der Waals surface area (Å²) in [5, 5.41) is 0. The maximum atomic E-state index is 11.4. The van der Waals surface area contributed by atoms with Gasteiger partial charge in [-0.2, -0.15) is 0 Å². The van der Waals surface area contributed by atoms with Crippen molar-refractivity contribution in [2.75, 3.05) is 20.8 Å². The van der Waals surface area contributed by atoms with Crippen LogP contribution in [0.2, 0.25) is 0 Å². The Kier molecular flexibility index (Phi) is 5.96. The number of halogens is 1. The number of hydrogen-bond acceptors (Lipinski definition) is 4. The number of carbonyl (C=O) groups is 1. The number of carbonyl (C=O) groups excluding carboxylic acids is 1. The Morgan fingerprint density at radius 1 is 1.33 bits per heavy atom. The summed E-state index contributed by atoms with van der Waals surface area (Å²) in [5.41, 5.74) is 5.73. The molecule has 5 heteroatoms. The second-order valence-electron chi connectivity index (χ2n) is 2.69. The van der Waals surface area contributed by atoms with Crippen LogP contribution < -0.4 is 15.2 Å². The van der Waals surface area contributed by atoms with Crippen LogP contribution in [-0.4, -0.2) is 26.5 Å². The minimum Gasteiger partial charge on any atom is -0.497 e. The number of nitrogens with two attached hydrogens (primary N) is 1. The van der Waals surface area contributed by atoms with E-state index in [9.17, 15) is 4.79 Å². The van der Waals surface area contributed by atoms with E-state index in [0.29, 0.717) is 17.1 Å². The first-order valence-corrected chi connectivity index (χ1v) is 4.18. The first kappa shape index (κ1) is 13.9. The van der Waals surface area contributed by atoms with Crippen molar-refractivity contribution in [2.45, 2.75) is 0 Å². The van der Waals surface area contributed by atoms with Crippen molar-refractivity contribution in [3.8, 4) is 11.5 Å². The lowest BCUT2D eigenvalue weighted by Crippen LogP contribution is -2.14. The Bertz CT molecular complexity index is 341. The molecule has 0 aliphatic heterocycles. The summed E-state index contributed by atoms with van der Waals surface area (Å²) >= 11 is 0. The highest BCUT2D eigenvalue weighted by Gasteiger charge is 2.11. The number of Topliss-reactive ketones (excluding diaryl/α,β-unsaturated/α-hetero) is 1. The lowest BCUT2D eigenvalue weighted by Gasteiger charge is -2.08. The summed E-state index contributed by atoms with van der Waals surface area (Å²) in [6, 6.07) is 5.03. The Morgan fingerprint density at radius 2 is 2.00 bits per heavy atom. The van der Waals surface area contributed by atoms with E-state index in [1.165, 1.54) is 7.11 Å². The van der Waals surface area contributed by atoms with Crippen molar-refractivity contribution in [2.24, 2.45) is 5.73 Å². The van der Waals surface area contributed by atoms with Crippen LogP contribution in [0, 0.1) is 0 Å². The second-order valence-corrected chi connectivity index (χ2v) is 2.69. The second kappa shape index (κ2) is 6.42. The summed E-state index contributed by atoms with van der Waals surface area (Å²) in [4.78, 5) is 11.4. The number of ether oxygens (including phenoxy) is 2. The molecular weight excluding hydrogens is 262 g/mol. The lowest BCUT2D eigenvalue weighted by molar-refractivity contribution is 0.0998. The zero-order valence-electron chi connectivity index (χ0n) is 8.65. The monoisotopic (exact) mass is 275 g/mol. The molecule has 4 nitrogen and oxygen atoms in total. The van der Waals surface area contributed by atoms with Gasteiger partial charge < -0.3 is 15.2 Å². The quantitative estimate of drug-likeness (QED) is 0.845. The number of benzene rings is 1. The molecule has 0 aliphatic rings. The molecule has 0 aliphatic carbocycles. The topological polar surface area (TPSA) is 61.5 Å². The van der Waals surface area contributed by atoms with Crippen LogP contribution in [0.1, 0.15) is 10.4 Å². The Balaban J connectivity index is 0.00000196. The molecule has 0 fully saturated rings. The van der Waals surface area contributed by atoms with Crippen LogP contribution in [0.3, 0.4) is 0 Å². The molecule has 2 N–H and O–H groups in total. The van der Waals surface area contributed by atoms with Crippen LogP contribution in [0.4, 0.5) is 0 Å². The summed E-state index contributed by atoms with van der Waals surface area (Å²) in [6.45, 7) is -0.0382. The third-order valence-electron chi connectivity index (χ3n) is 1.89. The molecule has 0 saturated carbocycles. The van der Waals surface area contributed by atoms with Crippen LogP contribution in [0.25, 0.3) is 0 Å². The minimum atomic E-state index is -0.166. The third-order valence-corrected chi connectivity index (χ3v) is 1.89. The van der Waals surface area contributed by atoms with Gasteiger partial charge in [-0.25, -0.2) is 0 Å². The highest BCUT2D eigenvalue weighted by molar-refractivity contribution is 8.93.